The molecule has 20 heavy (non-hydrogen) atoms. The van der Waals surface area contributed by atoms with Gasteiger partial charge < -0.3 is 10.0 Å². The molecular formula is C18H29NO. The Bertz CT molecular complexity index is 432. The Labute approximate surface area is 123 Å². The zero-order chi connectivity index (χ0) is 14.7. The van der Waals surface area contributed by atoms with Crippen LogP contribution in [0.4, 0.5) is 0 Å². The Balaban J connectivity index is 1.96. The summed E-state index contributed by atoms with van der Waals surface area (Å²) in [5.74, 6) is 0.809. The van der Waals surface area contributed by atoms with Crippen LogP contribution in [0.2, 0.25) is 0 Å². The first-order valence-electron chi connectivity index (χ1n) is 7.95. The molecule has 2 atom stereocenters. The summed E-state index contributed by atoms with van der Waals surface area (Å²) in [5.41, 5.74) is 4.87. The van der Waals surface area contributed by atoms with E-state index in [-0.39, 0.29) is 6.10 Å². The number of aliphatic hydroxyl groups excluding tert-OH is 1. The van der Waals surface area contributed by atoms with E-state index in [2.05, 4.69) is 44.7 Å². The van der Waals surface area contributed by atoms with E-state index in [0.29, 0.717) is 0 Å². The lowest BCUT2D eigenvalue weighted by Crippen LogP contribution is -2.35. The Morgan fingerprint density at radius 3 is 2.50 bits per heavy atom. The Morgan fingerprint density at radius 2 is 1.90 bits per heavy atom. The van der Waals surface area contributed by atoms with E-state index in [1.165, 1.54) is 42.6 Å². The van der Waals surface area contributed by atoms with Gasteiger partial charge in [-0.05, 0) is 69.2 Å². The first kappa shape index (κ1) is 15.5. The van der Waals surface area contributed by atoms with Crippen molar-refractivity contribution >= 4 is 0 Å². The van der Waals surface area contributed by atoms with Crippen LogP contribution in [-0.2, 0) is 0 Å². The van der Waals surface area contributed by atoms with E-state index in [0.717, 1.165) is 24.4 Å². The highest BCUT2D eigenvalue weighted by atomic mass is 16.3. The van der Waals surface area contributed by atoms with Crippen LogP contribution >= 0.6 is 0 Å². The molecule has 1 aromatic carbocycles. The number of rotatable bonds is 4. The molecule has 1 N–H and O–H groups in total. The molecule has 0 aromatic heterocycles. The average Bonchev–Trinajstić information content (AvgIpc) is 2.35. The quantitative estimate of drug-likeness (QED) is 0.904. The van der Waals surface area contributed by atoms with Crippen molar-refractivity contribution in [1.29, 1.82) is 0 Å². The molecule has 1 saturated heterocycles. The van der Waals surface area contributed by atoms with Gasteiger partial charge in [0.15, 0.2) is 0 Å². The lowest BCUT2D eigenvalue weighted by Gasteiger charge is -2.31. The number of piperidine rings is 1. The maximum atomic E-state index is 10.5. The van der Waals surface area contributed by atoms with Gasteiger partial charge in [-0.15, -0.1) is 0 Å². The number of likely N-dealkylation sites (tertiary alicyclic amines) is 1. The third kappa shape index (κ3) is 3.83. The number of aryl methyl sites for hydroxylation is 3. The zero-order valence-corrected chi connectivity index (χ0v) is 13.4. The minimum absolute atomic E-state index is 0.326. The van der Waals surface area contributed by atoms with Gasteiger partial charge in [0.25, 0.3) is 0 Å². The molecule has 0 saturated carbocycles. The van der Waals surface area contributed by atoms with Crippen LogP contribution in [0.25, 0.3) is 0 Å². The fraction of sp³-hybridized carbons (Fsp3) is 0.667. The molecule has 1 aromatic rings. The Hall–Kier alpha value is -0.860. The van der Waals surface area contributed by atoms with Gasteiger partial charge in [0, 0.05) is 13.1 Å². The molecule has 2 unspecified atom stereocenters. The molecule has 0 spiro atoms. The Morgan fingerprint density at radius 1 is 1.25 bits per heavy atom. The fourth-order valence-electron chi connectivity index (χ4n) is 3.66. The van der Waals surface area contributed by atoms with Crippen LogP contribution in [0.1, 0.15) is 54.5 Å². The molecule has 2 rings (SSSR count). The van der Waals surface area contributed by atoms with E-state index >= 15 is 0 Å². The molecule has 0 aliphatic carbocycles. The van der Waals surface area contributed by atoms with Crippen LogP contribution in [-0.4, -0.2) is 29.6 Å². The largest absolute Gasteiger partial charge is 0.388 e. The third-order valence-corrected chi connectivity index (χ3v) is 4.53. The molecular weight excluding hydrogens is 246 g/mol. The smallest absolute Gasteiger partial charge is 0.0807 e. The maximum Gasteiger partial charge on any atom is 0.0807 e. The fourth-order valence-corrected chi connectivity index (χ4v) is 3.66. The second-order valence-corrected chi connectivity index (χ2v) is 6.66. The van der Waals surface area contributed by atoms with E-state index in [9.17, 15) is 5.11 Å². The minimum Gasteiger partial charge on any atom is -0.388 e. The summed E-state index contributed by atoms with van der Waals surface area (Å²) in [6.45, 7) is 12.1. The second kappa shape index (κ2) is 6.73. The van der Waals surface area contributed by atoms with Gasteiger partial charge >= 0.3 is 0 Å². The van der Waals surface area contributed by atoms with Crippen LogP contribution in [0.15, 0.2) is 12.1 Å². The van der Waals surface area contributed by atoms with Crippen molar-refractivity contribution < 1.29 is 5.11 Å². The van der Waals surface area contributed by atoms with Crippen molar-refractivity contribution in [2.75, 3.05) is 19.6 Å². The highest BCUT2D eigenvalue weighted by Gasteiger charge is 2.19. The standard InChI is InChI=1S/C18H29NO/c1-13-6-5-8-19(12-13)9-7-17(20)18-15(3)10-14(2)11-16(18)4/h10-11,13,17,20H,5-9,12H2,1-4H3. The number of benzene rings is 1. The summed E-state index contributed by atoms with van der Waals surface area (Å²) in [6, 6.07) is 4.35. The average molecular weight is 275 g/mol. The van der Waals surface area contributed by atoms with E-state index in [1.807, 2.05) is 0 Å². The van der Waals surface area contributed by atoms with Crippen molar-refractivity contribution in [3.05, 3.63) is 34.4 Å². The lowest BCUT2D eigenvalue weighted by atomic mass is 9.93. The summed E-state index contributed by atoms with van der Waals surface area (Å²) in [6.07, 6.45) is 3.18. The maximum absolute atomic E-state index is 10.5. The number of hydrogen-bond acceptors (Lipinski definition) is 2. The molecule has 1 fully saturated rings. The van der Waals surface area contributed by atoms with Crippen molar-refractivity contribution in [2.45, 2.75) is 53.1 Å². The SMILES string of the molecule is Cc1cc(C)c(C(O)CCN2CCCC(C)C2)c(C)c1. The summed E-state index contributed by atoms with van der Waals surface area (Å²) >= 11 is 0. The topological polar surface area (TPSA) is 23.5 Å². The third-order valence-electron chi connectivity index (χ3n) is 4.53. The zero-order valence-electron chi connectivity index (χ0n) is 13.4. The van der Waals surface area contributed by atoms with Gasteiger partial charge in [0.2, 0.25) is 0 Å². The summed E-state index contributed by atoms with van der Waals surface area (Å²) in [5, 5.41) is 10.5. The molecule has 2 nitrogen and oxygen atoms in total. The summed E-state index contributed by atoms with van der Waals surface area (Å²) in [4.78, 5) is 2.51. The monoisotopic (exact) mass is 275 g/mol. The van der Waals surface area contributed by atoms with Gasteiger partial charge in [-0.2, -0.15) is 0 Å². The van der Waals surface area contributed by atoms with E-state index < -0.39 is 0 Å². The second-order valence-electron chi connectivity index (χ2n) is 6.66. The van der Waals surface area contributed by atoms with Crippen LogP contribution in [0, 0.1) is 26.7 Å². The Kier molecular flexibility index (Phi) is 5.22. The predicted octanol–water partition coefficient (Wildman–Crippen LogP) is 3.77. The van der Waals surface area contributed by atoms with Crippen molar-refractivity contribution in [1.82, 2.24) is 4.90 Å². The lowest BCUT2D eigenvalue weighted by molar-refractivity contribution is 0.121. The van der Waals surface area contributed by atoms with Crippen molar-refractivity contribution in [3.8, 4) is 0 Å². The van der Waals surface area contributed by atoms with Gasteiger partial charge in [-0.25, -0.2) is 0 Å². The molecule has 0 radical (unpaired) electrons. The van der Waals surface area contributed by atoms with Crippen molar-refractivity contribution in [3.63, 3.8) is 0 Å². The predicted molar refractivity (Wildman–Crippen MR) is 85.1 cm³/mol. The van der Waals surface area contributed by atoms with Gasteiger partial charge in [-0.1, -0.05) is 24.6 Å². The molecule has 112 valence electrons. The highest BCUT2D eigenvalue weighted by molar-refractivity contribution is 5.38. The summed E-state index contributed by atoms with van der Waals surface area (Å²) in [7, 11) is 0. The first-order valence-corrected chi connectivity index (χ1v) is 7.95. The molecule has 2 heteroatoms. The van der Waals surface area contributed by atoms with Crippen LogP contribution in [0.5, 0.6) is 0 Å². The van der Waals surface area contributed by atoms with Crippen LogP contribution in [0.3, 0.4) is 0 Å². The van der Waals surface area contributed by atoms with E-state index in [1.54, 1.807) is 0 Å². The van der Waals surface area contributed by atoms with Gasteiger partial charge in [0.05, 0.1) is 6.10 Å². The van der Waals surface area contributed by atoms with Gasteiger partial charge in [-0.3, -0.25) is 0 Å². The van der Waals surface area contributed by atoms with Crippen molar-refractivity contribution in [2.24, 2.45) is 5.92 Å². The van der Waals surface area contributed by atoms with E-state index in [4.69, 9.17) is 0 Å². The van der Waals surface area contributed by atoms with Gasteiger partial charge in [0.1, 0.15) is 0 Å². The molecule has 1 aliphatic rings. The number of aliphatic hydroxyl groups is 1. The number of hydrogen-bond donors (Lipinski definition) is 1. The molecule has 0 bridgehead atoms. The molecule has 1 aliphatic heterocycles. The molecule has 1 heterocycles. The summed E-state index contributed by atoms with van der Waals surface area (Å²) < 4.78 is 0. The first-order chi connectivity index (χ1) is 9.47. The highest BCUT2D eigenvalue weighted by Crippen LogP contribution is 2.26. The normalized spacial score (nSPS) is 21.9. The number of nitrogens with zero attached hydrogens (tertiary/aromatic N) is 1. The minimum atomic E-state index is -0.326. The van der Waals surface area contributed by atoms with Crippen LogP contribution < -0.4 is 0 Å². The molecule has 0 amide bonds.